The van der Waals surface area contributed by atoms with E-state index < -0.39 is 17.7 Å². The summed E-state index contributed by atoms with van der Waals surface area (Å²) in [7, 11) is 0. The van der Waals surface area contributed by atoms with E-state index in [0.717, 1.165) is 60.3 Å². The Morgan fingerprint density at radius 1 is 1.09 bits per heavy atom. The van der Waals surface area contributed by atoms with Crippen molar-refractivity contribution in [2.24, 2.45) is 0 Å². The Morgan fingerprint density at radius 2 is 1.81 bits per heavy atom. The Hall–Kier alpha value is -2.33. The summed E-state index contributed by atoms with van der Waals surface area (Å²) in [6.45, 7) is 8.45. The number of aliphatic carboxylic acids is 1. The van der Waals surface area contributed by atoms with Crippen molar-refractivity contribution in [1.29, 1.82) is 0 Å². The molecule has 2 fully saturated rings. The molecule has 0 aromatic heterocycles. The lowest BCUT2D eigenvalue weighted by Crippen LogP contribution is -2.28. The first-order chi connectivity index (χ1) is 15.2. The van der Waals surface area contributed by atoms with Crippen molar-refractivity contribution in [3.63, 3.8) is 0 Å². The first-order valence-corrected chi connectivity index (χ1v) is 12.0. The fraction of sp³-hybridized carbons (Fsp3) is 0.536. The normalized spacial score (nSPS) is 18.0. The molecule has 1 unspecified atom stereocenters. The fourth-order valence-electron chi connectivity index (χ4n) is 4.24. The Kier molecular flexibility index (Phi) is 6.62. The number of fused-ring (bicyclic) bond motifs is 1. The van der Waals surface area contributed by atoms with Crippen LogP contribution in [0.3, 0.4) is 0 Å². The molecule has 4 nitrogen and oxygen atoms in total. The molecule has 1 heterocycles. The zero-order chi connectivity index (χ0) is 22.9. The molecule has 2 saturated carbocycles. The summed E-state index contributed by atoms with van der Waals surface area (Å²) in [5.41, 5.74) is 5.73. The predicted molar refractivity (Wildman–Crippen MR) is 127 cm³/mol. The SMILES string of the molecule is C1CC1.Cc1ccc(C2CC2)c(-c2ccc3c(c2)CCCO3)c1C(OC(C)(C)C)C(=O)O. The maximum Gasteiger partial charge on any atom is 0.337 e. The standard InChI is InChI=1S/C25H30O4.C3H6/c1-15-7-11-19(16-8-9-16)22(21(15)23(24(26)27)29-25(2,3)4)18-10-12-20-17(14-18)6-5-13-28-20;1-2-3-1/h7,10-12,14,16,23H,5-6,8-9,13H2,1-4H3,(H,26,27);1-3H2. The second-order valence-electron chi connectivity index (χ2n) is 10.3. The largest absolute Gasteiger partial charge is 0.493 e. The molecule has 0 amide bonds. The number of hydrogen-bond donors (Lipinski definition) is 1. The fourth-order valence-corrected chi connectivity index (χ4v) is 4.24. The number of ether oxygens (including phenoxy) is 2. The van der Waals surface area contributed by atoms with Gasteiger partial charge in [0.15, 0.2) is 6.10 Å². The number of benzene rings is 2. The second kappa shape index (κ2) is 9.27. The van der Waals surface area contributed by atoms with Crippen LogP contribution in [-0.2, 0) is 16.0 Å². The minimum absolute atomic E-state index is 0.501. The lowest BCUT2D eigenvalue weighted by molar-refractivity contribution is -0.160. The highest BCUT2D eigenvalue weighted by Crippen LogP contribution is 2.48. The van der Waals surface area contributed by atoms with Gasteiger partial charge in [-0.2, -0.15) is 0 Å². The number of aryl methyl sites for hydroxylation is 2. The molecule has 0 bridgehead atoms. The number of rotatable bonds is 5. The van der Waals surface area contributed by atoms with Crippen LogP contribution < -0.4 is 4.74 Å². The molecule has 1 atom stereocenters. The summed E-state index contributed by atoms with van der Waals surface area (Å²) < 4.78 is 11.9. The summed E-state index contributed by atoms with van der Waals surface area (Å²) in [5.74, 6) is 0.502. The number of hydrogen-bond acceptors (Lipinski definition) is 3. The first kappa shape index (κ1) is 22.8. The summed E-state index contributed by atoms with van der Waals surface area (Å²) in [6, 6.07) is 10.5. The number of carbonyl (C=O) groups is 1. The minimum atomic E-state index is -1.00. The highest BCUT2D eigenvalue weighted by Gasteiger charge is 2.35. The molecule has 1 aliphatic heterocycles. The number of carboxylic acid groups (broad SMARTS) is 1. The van der Waals surface area contributed by atoms with E-state index in [1.54, 1.807) is 0 Å². The highest BCUT2D eigenvalue weighted by molar-refractivity contribution is 5.83. The van der Waals surface area contributed by atoms with E-state index in [9.17, 15) is 9.90 Å². The number of carboxylic acids is 1. The van der Waals surface area contributed by atoms with Gasteiger partial charge < -0.3 is 14.6 Å². The van der Waals surface area contributed by atoms with Gasteiger partial charge in [-0.25, -0.2) is 4.79 Å². The van der Waals surface area contributed by atoms with Gasteiger partial charge in [-0.05, 0) is 99.2 Å². The van der Waals surface area contributed by atoms with Crippen molar-refractivity contribution in [3.8, 4) is 16.9 Å². The van der Waals surface area contributed by atoms with Crippen LogP contribution in [0.15, 0.2) is 30.3 Å². The summed E-state index contributed by atoms with van der Waals surface area (Å²) in [5, 5.41) is 10.1. The van der Waals surface area contributed by atoms with E-state index in [1.165, 1.54) is 30.4 Å². The monoisotopic (exact) mass is 436 g/mol. The Labute approximate surface area is 191 Å². The Bertz CT molecular complexity index is 977. The van der Waals surface area contributed by atoms with E-state index in [1.807, 2.05) is 33.8 Å². The van der Waals surface area contributed by atoms with Crippen LogP contribution in [0.2, 0.25) is 0 Å². The van der Waals surface area contributed by atoms with E-state index in [0.29, 0.717) is 5.92 Å². The molecule has 32 heavy (non-hydrogen) atoms. The third-order valence-electron chi connectivity index (χ3n) is 6.02. The average Bonchev–Trinajstić information content (AvgIpc) is 3.63. The van der Waals surface area contributed by atoms with Gasteiger partial charge in [0.25, 0.3) is 0 Å². The van der Waals surface area contributed by atoms with Gasteiger partial charge in [0.2, 0.25) is 0 Å². The van der Waals surface area contributed by atoms with Crippen molar-refractivity contribution in [1.82, 2.24) is 0 Å². The van der Waals surface area contributed by atoms with Crippen LogP contribution in [0.25, 0.3) is 11.1 Å². The van der Waals surface area contributed by atoms with Crippen molar-refractivity contribution in [2.45, 2.75) is 90.3 Å². The molecular weight excluding hydrogens is 400 g/mol. The average molecular weight is 437 g/mol. The lowest BCUT2D eigenvalue weighted by atomic mass is 9.85. The van der Waals surface area contributed by atoms with Gasteiger partial charge in [0, 0.05) is 5.56 Å². The lowest BCUT2D eigenvalue weighted by Gasteiger charge is -2.29. The molecule has 4 heteroatoms. The van der Waals surface area contributed by atoms with Crippen LogP contribution in [-0.4, -0.2) is 23.3 Å². The third kappa shape index (κ3) is 5.53. The van der Waals surface area contributed by atoms with Crippen molar-refractivity contribution >= 4 is 5.97 Å². The smallest absolute Gasteiger partial charge is 0.337 e. The van der Waals surface area contributed by atoms with Crippen molar-refractivity contribution in [2.75, 3.05) is 6.61 Å². The maximum absolute atomic E-state index is 12.3. The summed E-state index contributed by atoms with van der Waals surface area (Å²) in [4.78, 5) is 12.3. The predicted octanol–water partition coefficient (Wildman–Crippen LogP) is 6.98. The van der Waals surface area contributed by atoms with Crippen LogP contribution >= 0.6 is 0 Å². The second-order valence-corrected chi connectivity index (χ2v) is 10.3. The molecular formula is C28H36O4. The van der Waals surface area contributed by atoms with Crippen LogP contribution in [0.5, 0.6) is 5.75 Å². The molecule has 2 aliphatic carbocycles. The van der Waals surface area contributed by atoms with E-state index >= 15 is 0 Å². The van der Waals surface area contributed by atoms with E-state index in [4.69, 9.17) is 9.47 Å². The zero-order valence-corrected chi connectivity index (χ0v) is 19.9. The van der Waals surface area contributed by atoms with E-state index in [2.05, 4.69) is 24.3 Å². The Balaban J connectivity index is 0.000000754. The van der Waals surface area contributed by atoms with Gasteiger partial charge in [0.05, 0.1) is 12.2 Å². The highest BCUT2D eigenvalue weighted by atomic mass is 16.5. The third-order valence-corrected chi connectivity index (χ3v) is 6.02. The molecule has 5 rings (SSSR count). The summed E-state index contributed by atoms with van der Waals surface area (Å²) in [6.07, 6.45) is 7.81. The van der Waals surface area contributed by atoms with Gasteiger partial charge in [0.1, 0.15) is 5.75 Å². The van der Waals surface area contributed by atoms with Gasteiger partial charge in [-0.1, -0.05) is 37.5 Å². The van der Waals surface area contributed by atoms with Crippen LogP contribution in [0.1, 0.15) is 93.6 Å². The van der Waals surface area contributed by atoms with Crippen LogP contribution in [0, 0.1) is 6.92 Å². The molecule has 0 saturated heterocycles. The molecule has 3 aliphatic rings. The maximum atomic E-state index is 12.3. The zero-order valence-electron chi connectivity index (χ0n) is 19.9. The first-order valence-electron chi connectivity index (χ1n) is 12.0. The summed E-state index contributed by atoms with van der Waals surface area (Å²) >= 11 is 0. The molecule has 0 radical (unpaired) electrons. The molecule has 1 N–H and O–H groups in total. The van der Waals surface area contributed by atoms with Gasteiger partial charge >= 0.3 is 5.97 Å². The molecule has 2 aromatic carbocycles. The Morgan fingerprint density at radius 3 is 2.41 bits per heavy atom. The van der Waals surface area contributed by atoms with Gasteiger partial charge in [-0.15, -0.1) is 0 Å². The minimum Gasteiger partial charge on any atom is -0.493 e. The quantitative estimate of drug-likeness (QED) is 0.549. The topological polar surface area (TPSA) is 55.8 Å². The molecule has 172 valence electrons. The van der Waals surface area contributed by atoms with E-state index in [-0.39, 0.29) is 0 Å². The molecule has 0 spiro atoms. The molecule has 2 aromatic rings. The van der Waals surface area contributed by atoms with Crippen LogP contribution in [0.4, 0.5) is 0 Å². The van der Waals surface area contributed by atoms with Gasteiger partial charge in [-0.3, -0.25) is 0 Å². The van der Waals surface area contributed by atoms with Crippen molar-refractivity contribution < 1.29 is 19.4 Å². The van der Waals surface area contributed by atoms with Crippen molar-refractivity contribution in [3.05, 3.63) is 52.6 Å².